The van der Waals surface area contributed by atoms with Crippen molar-refractivity contribution in [3.05, 3.63) is 58.6 Å². The van der Waals surface area contributed by atoms with Gasteiger partial charge in [-0.05, 0) is 42.3 Å². The maximum atomic E-state index is 12.8. The van der Waals surface area contributed by atoms with Gasteiger partial charge in [0.05, 0.1) is 0 Å². The van der Waals surface area contributed by atoms with Crippen molar-refractivity contribution in [1.82, 2.24) is 10.2 Å². The van der Waals surface area contributed by atoms with Crippen molar-refractivity contribution in [3.8, 4) is 11.5 Å². The number of hydrogen-bond donors (Lipinski definition) is 1. The molecule has 154 valence electrons. The van der Waals surface area contributed by atoms with Crippen LogP contribution in [0.15, 0.2) is 42.5 Å². The zero-order valence-electron chi connectivity index (χ0n) is 16.8. The highest BCUT2D eigenvalue weighted by Crippen LogP contribution is 2.32. The van der Waals surface area contributed by atoms with Gasteiger partial charge in [0.15, 0.2) is 11.5 Å². The van der Waals surface area contributed by atoms with Crippen LogP contribution >= 0.6 is 11.6 Å². The molecule has 7 heteroatoms. The summed E-state index contributed by atoms with van der Waals surface area (Å²) < 4.78 is 10.7. The van der Waals surface area contributed by atoms with E-state index in [1.54, 1.807) is 24.0 Å². The van der Waals surface area contributed by atoms with Crippen LogP contribution in [0.1, 0.15) is 31.9 Å². The summed E-state index contributed by atoms with van der Waals surface area (Å²) in [6, 6.07) is 12.2. The molecule has 6 nitrogen and oxygen atoms in total. The van der Waals surface area contributed by atoms with Crippen LogP contribution in [0.2, 0.25) is 5.02 Å². The van der Waals surface area contributed by atoms with Crippen LogP contribution in [0.4, 0.5) is 0 Å². The second-order valence-corrected chi connectivity index (χ2v) is 7.77. The summed E-state index contributed by atoms with van der Waals surface area (Å²) in [5.74, 6) is 0.858. The number of carbonyl (C=O) groups excluding carboxylic acids is 2. The number of nitrogens with zero attached hydrogens (tertiary/aromatic N) is 1. The van der Waals surface area contributed by atoms with E-state index in [2.05, 4.69) is 5.32 Å². The topological polar surface area (TPSA) is 67.9 Å². The van der Waals surface area contributed by atoms with Gasteiger partial charge in [-0.3, -0.25) is 9.59 Å². The van der Waals surface area contributed by atoms with E-state index in [9.17, 15) is 9.59 Å². The predicted molar refractivity (Wildman–Crippen MR) is 111 cm³/mol. The average Bonchev–Trinajstić information content (AvgIpc) is 3.18. The lowest BCUT2D eigenvalue weighted by Gasteiger charge is -2.30. The van der Waals surface area contributed by atoms with Gasteiger partial charge in [-0.25, -0.2) is 0 Å². The largest absolute Gasteiger partial charge is 0.454 e. The molecule has 2 aromatic carbocycles. The number of benzene rings is 2. The number of hydrogen-bond acceptors (Lipinski definition) is 4. The Hall–Kier alpha value is -2.73. The number of halogens is 1. The SMILES string of the molecule is CC(C)C(=O)N(Cc1ccc(Cl)cc1)[C@@H](C)C(=O)NCc1ccc2c(c1)OCO2. The van der Waals surface area contributed by atoms with E-state index in [-0.39, 0.29) is 24.5 Å². The molecule has 2 aromatic rings. The first-order chi connectivity index (χ1) is 13.8. The van der Waals surface area contributed by atoms with Crippen LogP contribution < -0.4 is 14.8 Å². The van der Waals surface area contributed by atoms with Gasteiger partial charge >= 0.3 is 0 Å². The number of ether oxygens (including phenoxy) is 2. The molecule has 0 fully saturated rings. The molecule has 0 aliphatic carbocycles. The van der Waals surface area contributed by atoms with Crippen molar-refractivity contribution < 1.29 is 19.1 Å². The van der Waals surface area contributed by atoms with E-state index in [4.69, 9.17) is 21.1 Å². The number of amides is 2. The molecule has 1 heterocycles. The Morgan fingerprint density at radius 1 is 1.03 bits per heavy atom. The van der Waals surface area contributed by atoms with Gasteiger partial charge < -0.3 is 19.7 Å². The van der Waals surface area contributed by atoms with Gasteiger partial charge in [-0.15, -0.1) is 0 Å². The highest BCUT2D eigenvalue weighted by atomic mass is 35.5. The van der Waals surface area contributed by atoms with E-state index in [1.807, 2.05) is 44.2 Å². The zero-order valence-corrected chi connectivity index (χ0v) is 17.5. The number of fused-ring (bicyclic) bond motifs is 1. The van der Waals surface area contributed by atoms with Crippen LogP contribution in [0.3, 0.4) is 0 Å². The van der Waals surface area contributed by atoms with E-state index in [0.29, 0.717) is 29.6 Å². The fourth-order valence-electron chi connectivity index (χ4n) is 3.05. The molecule has 1 atom stereocenters. The van der Waals surface area contributed by atoms with Gasteiger partial charge in [0, 0.05) is 24.0 Å². The summed E-state index contributed by atoms with van der Waals surface area (Å²) in [4.78, 5) is 27.1. The lowest BCUT2D eigenvalue weighted by molar-refractivity contribution is -0.143. The monoisotopic (exact) mass is 416 g/mol. The minimum Gasteiger partial charge on any atom is -0.454 e. The summed E-state index contributed by atoms with van der Waals surface area (Å²) in [5.41, 5.74) is 1.81. The summed E-state index contributed by atoms with van der Waals surface area (Å²) in [5, 5.41) is 3.54. The Kier molecular flexibility index (Phi) is 6.64. The summed E-state index contributed by atoms with van der Waals surface area (Å²) in [6.45, 7) is 6.28. The molecular formula is C22H25ClN2O4. The third-order valence-corrected chi connectivity index (χ3v) is 5.05. The fraction of sp³-hybridized carbons (Fsp3) is 0.364. The Bertz CT molecular complexity index is 883. The third-order valence-electron chi connectivity index (χ3n) is 4.79. The lowest BCUT2D eigenvalue weighted by atomic mass is 10.1. The van der Waals surface area contributed by atoms with Crippen LogP contribution in [-0.2, 0) is 22.7 Å². The second-order valence-electron chi connectivity index (χ2n) is 7.33. The van der Waals surface area contributed by atoms with Gasteiger partial charge in [-0.2, -0.15) is 0 Å². The molecule has 0 aromatic heterocycles. The highest BCUT2D eigenvalue weighted by molar-refractivity contribution is 6.30. The maximum absolute atomic E-state index is 12.8. The summed E-state index contributed by atoms with van der Waals surface area (Å²) >= 11 is 5.95. The molecule has 0 saturated carbocycles. The Morgan fingerprint density at radius 3 is 2.38 bits per heavy atom. The smallest absolute Gasteiger partial charge is 0.242 e. The Morgan fingerprint density at radius 2 is 1.69 bits per heavy atom. The van der Waals surface area contributed by atoms with E-state index in [0.717, 1.165) is 11.1 Å². The molecule has 0 radical (unpaired) electrons. The van der Waals surface area contributed by atoms with Crippen molar-refractivity contribution in [1.29, 1.82) is 0 Å². The standard InChI is InChI=1S/C22H25ClN2O4/c1-14(2)22(27)25(12-16-4-7-18(23)8-5-16)15(3)21(26)24-11-17-6-9-19-20(10-17)29-13-28-19/h4-10,14-15H,11-13H2,1-3H3,(H,24,26)/t15-/m0/s1. The van der Waals surface area contributed by atoms with Crippen molar-refractivity contribution in [2.24, 2.45) is 5.92 Å². The number of nitrogens with one attached hydrogen (secondary N) is 1. The molecule has 1 aliphatic rings. The quantitative estimate of drug-likeness (QED) is 0.746. The van der Waals surface area contributed by atoms with E-state index < -0.39 is 6.04 Å². The summed E-state index contributed by atoms with van der Waals surface area (Å²) in [7, 11) is 0. The zero-order chi connectivity index (χ0) is 21.0. The minimum absolute atomic E-state index is 0.0781. The molecule has 29 heavy (non-hydrogen) atoms. The van der Waals surface area contributed by atoms with Gasteiger partial charge in [0.25, 0.3) is 0 Å². The minimum atomic E-state index is -0.616. The van der Waals surface area contributed by atoms with Crippen LogP contribution in [0, 0.1) is 5.92 Å². The van der Waals surface area contributed by atoms with Crippen LogP contribution in [0.25, 0.3) is 0 Å². The van der Waals surface area contributed by atoms with Crippen molar-refractivity contribution >= 4 is 23.4 Å². The molecule has 1 aliphatic heterocycles. The Balaban J connectivity index is 1.67. The second kappa shape index (κ2) is 9.18. The molecule has 2 amide bonds. The van der Waals surface area contributed by atoms with Crippen LogP contribution in [0.5, 0.6) is 11.5 Å². The third kappa shape index (κ3) is 5.21. The molecule has 1 N–H and O–H groups in total. The van der Waals surface area contributed by atoms with Crippen molar-refractivity contribution in [2.45, 2.75) is 39.9 Å². The first-order valence-corrected chi connectivity index (χ1v) is 9.94. The predicted octanol–water partition coefficient (Wildman–Crippen LogP) is 3.76. The number of rotatable bonds is 7. The van der Waals surface area contributed by atoms with Crippen molar-refractivity contribution in [2.75, 3.05) is 6.79 Å². The van der Waals surface area contributed by atoms with Crippen LogP contribution in [-0.4, -0.2) is 29.5 Å². The fourth-order valence-corrected chi connectivity index (χ4v) is 3.18. The van der Waals surface area contributed by atoms with Gasteiger partial charge in [0.1, 0.15) is 6.04 Å². The number of carbonyl (C=O) groups is 2. The maximum Gasteiger partial charge on any atom is 0.242 e. The highest BCUT2D eigenvalue weighted by Gasteiger charge is 2.27. The first-order valence-electron chi connectivity index (χ1n) is 9.56. The molecular weight excluding hydrogens is 392 g/mol. The molecule has 0 spiro atoms. The van der Waals surface area contributed by atoms with Crippen molar-refractivity contribution in [3.63, 3.8) is 0 Å². The first kappa shape index (κ1) is 21.0. The van der Waals surface area contributed by atoms with Gasteiger partial charge in [-0.1, -0.05) is 43.6 Å². The Labute approximate surface area is 175 Å². The molecule has 0 unspecified atom stereocenters. The lowest BCUT2D eigenvalue weighted by Crippen LogP contribution is -2.48. The van der Waals surface area contributed by atoms with Gasteiger partial charge in [0.2, 0.25) is 18.6 Å². The van der Waals surface area contributed by atoms with E-state index >= 15 is 0 Å². The molecule has 0 bridgehead atoms. The molecule has 0 saturated heterocycles. The summed E-state index contributed by atoms with van der Waals surface area (Å²) in [6.07, 6.45) is 0. The molecule has 3 rings (SSSR count). The average molecular weight is 417 g/mol. The normalized spacial score (nSPS) is 13.3. The van der Waals surface area contributed by atoms with E-state index in [1.165, 1.54) is 0 Å².